The van der Waals surface area contributed by atoms with Gasteiger partial charge in [0.2, 0.25) is 5.78 Å². The molecule has 0 aliphatic rings. The van der Waals surface area contributed by atoms with Crippen molar-refractivity contribution in [1.82, 2.24) is 9.97 Å². The molecule has 0 spiro atoms. The Labute approximate surface area is 102 Å². The van der Waals surface area contributed by atoms with Crippen molar-refractivity contribution in [2.24, 2.45) is 0 Å². The molecule has 0 N–H and O–H groups in total. The predicted molar refractivity (Wildman–Crippen MR) is 67.3 cm³/mol. The summed E-state index contributed by atoms with van der Waals surface area (Å²) in [5.41, 5.74) is 1.49. The van der Waals surface area contributed by atoms with E-state index in [9.17, 15) is 4.79 Å². The maximum Gasteiger partial charge on any atom is 0.221 e. The van der Waals surface area contributed by atoms with Crippen molar-refractivity contribution in [3.8, 4) is 0 Å². The standard InChI is InChI=1S/C13H8N2OS/c16-12(9-5-7-14-8-6-9)13-15-10-3-1-2-4-11(10)17-13/h1-8H. The van der Waals surface area contributed by atoms with Crippen molar-refractivity contribution in [1.29, 1.82) is 0 Å². The summed E-state index contributed by atoms with van der Waals surface area (Å²) >= 11 is 1.42. The SMILES string of the molecule is O=C(c1ccncc1)c1nc2ccccc2s1. The van der Waals surface area contributed by atoms with Crippen molar-refractivity contribution >= 4 is 27.3 Å². The summed E-state index contributed by atoms with van der Waals surface area (Å²) in [6, 6.07) is 11.2. The molecule has 3 nitrogen and oxygen atoms in total. The van der Waals surface area contributed by atoms with Gasteiger partial charge in [-0.15, -0.1) is 11.3 Å². The molecule has 82 valence electrons. The summed E-state index contributed by atoms with van der Waals surface area (Å²) in [5, 5.41) is 0.525. The van der Waals surface area contributed by atoms with Crippen LogP contribution in [0.2, 0.25) is 0 Å². The van der Waals surface area contributed by atoms with Crippen molar-refractivity contribution in [3.63, 3.8) is 0 Å². The lowest BCUT2D eigenvalue weighted by molar-refractivity contribution is 0.103. The van der Waals surface area contributed by atoms with Crippen LogP contribution in [0.4, 0.5) is 0 Å². The highest BCUT2D eigenvalue weighted by molar-refractivity contribution is 7.20. The molecule has 0 fully saturated rings. The third kappa shape index (κ3) is 1.83. The molecule has 0 atom stereocenters. The van der Waals surface area contributed by atoms with Crippen molar-refractivity contribution in [3.05, 3.63) is 59.4 Å². The molecule has 4 heteroatoms. The molecule has 3 aromatic rings. The Morgan fingerprint density at radius 2 is 1.82 bits per heavy atom. The van der Waals surface area contributed by atoms with Gasteiger partial charge in [0.25, 0.3) is 0 Å². The highest BCUT2D eigenvalue weighted by atomic mass is 32.1. The molecule has 0 unspecified atom stereocenters. The maximum absolute atomic E-state index is 12.1. The summed E-state index contributed by atoms with van der Waals surface area (Å²) in [4.78, 5) is 20.4. The third-order valence-corrected chi connectivity index (χ3v) is 3.47. The van der Waals surface area contributed by atoms with E-state index in [0.717, 1.165) is 10.2 Å². The number of rotatable bonds is 2. The zero-order valence-corrected chi connectivity index (χ0v) is 9.65. The van der Waals surface area contributed by atoms with E-state index in [1.807, 2.05) is 24.3 Å². The molecule has 0 saturated carbocycles. The summed E-state index contributed by atoms with van der Waals surface area (Å²) in [6.07, 6.45) is 3.22. The Kier molecular flexibility index (Phi) is 2.42. The maximum atomic E-state index is 12.1. The highest BCUT2D eigenvalue weighted by Gasteiger charge is 2.13. The van der Waals surface area contributed by atoms with Crippen LogP contribution in [0.15, 0.2) is 48.8 Å². The molecule has 0 aliphatic carbocycles. The van der Waals surface area contributed by atoms with Crippen molar-refractivity contribution in [2.75, 3.05) is 0 Å². The lowest BCUT2D eigenvalue weighted by Gasteiger charge is -1.94. The minimum atomic E-state index is -0.0476. The molecule has 17 heavy (non-hydrogen) atoms. The zero-order valence-electron chi connectivity index (χ0n) is 8.83. The van der Waals surface area contributed by atoms with Crippen LogP contribution in [0.25, 0.3) is 10.2 Å². The van der Waals surface area contributed by atoms with Gasteiger partial charge in [0, 0.05) is 18.0 Å². The minimum Gasteiger partial charge on any atom is -0.286 e. The normalized spacial score (nSPS) is 10.6. The molecule has 0 aliphatic heterocycles. The number of aromatic nitrogens is 2. The minimum absolute atomic E-state index is 0.0476. The molecule has 0 bridgehead atoms. The van der Waals surface area contributed by atoms with Gasteiger partial charge >= 0.3 is 0 Å². The number of para-hydroxylation sites is 1. The highest BCUT2D eigenvalue weighted by Crippen LogP contribution is 2.23. The molecular weight excluding hydrogens is 232 g/mol. The average Bonchev–Trinajstić information content (AvgIpc) is 2.82. The van der Waals surface area contributed by atoms with Crippen LogP contribution in [0.1, 0.15) is 15.4 Å². The smallest absolute Gasteiger partial charge is 0.221 e. The fraction of sp³-hybridized carbons (Fsp3) is 0. The predicted octanol–water partition coefficient (Wildman–Crippen LogP) is 2.92. The van der Waals surface area contributed by atoms with E-state index >= 15 is 0 Å². The van der Waals surface area contributed by atoms with Gasteiger partial charge < -0.3 is 0 Å². The first-order valence-corrected chi connectivity index (χ1v) is 5.96. The van der Waals surface area contributed by atoms with E-state index in [-0.39, 0.29) is 5.78 Å². The van der Waals surface area contributed by atoms with Crippen molar-refractivity contribution in [2.45, 2.75) is 0 Å². The van der Waals surface area contributed by atoms with Crippen LogP contribution >= 0.6 is 11.3 Å². The van der Waals surface area contributed by atoms with Crippen molar-refractivity contribution < 1.29 is 4.79 Å². The van der Waals surface area contributed by atoms with Gasteiger partial charge in [0.15, 0.2) is 5.01 Å². The number of benzene rings is 1. The topological polar surface area (TPSA) is 42.9 Å². The number of carbonyl (C=O) groups is 1. The average molecular weight is 240 g/mol. The quantitative estimate of drug-likeness (QED) is 0.647. The van der Waals surface area contributed by atoms with E-state index in [1.54, 1.807) is 24.5 Å². The fourth-order valence-electron chi connectivity index (χ4n) is 1.60. The molecular formula is C13H8N2OS. The third-order valence-electron chi connectivity index (χ3n) is 2.43. The number of fused-ring (bicyclic) bond motifs is 1. The molecule has 0 saturated heterocycles. The second-order valence-corrected chi connectivity index (χ2v) is 4.58. The van der Waals surface area contributed by atoms with Crippen LogP contribution in [-0.2, 0) is 0 Å². The second kappa shape index (κ2) is 4.07. The van der Waals surface area contributed by atoms with E-state index in [4.69, 9.17) is 0 Å². The van der Waals surface area contributed by atoms with Gasteiger partial charge in [0.1, 0.15) is 0 Å². The summed E-state index contributed by atoms with van der Waals surface area (Å²) < 4.78 is 1.03. The first kappa shape index (κ1) is 10.1. The summed E-state index contributed by atoms with van der Waals surface area (Å²) in [5.74, 6) is -0.0476. The Hall–Kier alpha value is -2.07. The fourth-order valence-corrected chi connectivity index (χ4v) is 2.52. The Morgan fingerprint density at radius 1 is 1.06 bits per heavy atom. The van der Waals surface area contributed by atoms with Gasteiger partial charge in [-0.1, -0.05) is 12.1 Å². The number of nitrogens with zero attached hydrogens (tertiary/aromatic N) is 2. The van der Waals surface area contributed by atoms with Gasteiger partial charge in [-0.25, -0.2) is 4.98 Å². The van der Waals surface area contributed by atoms with Crippen LogP contribution in [0.3, 0.4) is 0 Å². The lowest BCUT2D eigenvalue weighted by Crippen LogP contribution is -1.99. The molecule has 0 amide bonds. The van der Waals surface area contributed by atoms with Crippen LogP contribution < -0.4 is 0 Å². The Morgan fingerprint density at radius 3 is 2.59 bits per heavy atom. The van der Waals surface area contributed by atoms with Gasteiger partial charge in [-0.3, -0.25) is 9.78 Å². The van der Waals surface area contributed by atoms with Gasteiger partial charge in [-0.2, -0.15) is 0 Å². The van der Waals surface area contributed by atoms with E-state index in [2.05, 4.69) is 9.97 Å². The first-order chi connectivity index (χ1) is 8.34. The Bertz CT molecular complexity index is 643. The summed E-state index contributed by atoms with van der Waals surface area (Å²) in [6.45, 7) is 0. The number of thiazole rings is 1. The van der Waals surface area contributed by atoms with Gasteiger partial charge in [-0.05, 0) is 24.3 Å². The van der Waals surface area contributed by atoms with E-state index in [0.29, 0.717) is 10.6 Å². The number of hydrogen-bond donors (Lipinski definition) is 0. The van der Waals surface area contributed by atoms with Gasteiger partial charge in [0.05, 0.1) is 10.2 Å². The molecule has 3 rings (SSSR count). The van der Waals surface area contributed by atoms with Crippen LogP contribution in [-0.4, -0.2) is 15.8 Å². The summed E-state index contributed by atoms with van der Waals surface area (Å²) in [7, 11) is 0. The zero-order chi connectivity index (χ0) is 11.7. The van der Waals surface area contributed by atoms with E-state index < -0.39 is 0 Å². The molecule has 1 aromatic carbocycles. The van der Waals surface area contributed by atoms with E-state index in [1.165, 1.54) is 11.3 Å². The number of carbonyl (C=O) groups excluding carboxylic acids is 1. The van der Waals surface area contributed by atoms with Crippen LogP contribution in [0, 0.1) is 0 Å². The second-order valence-electron chi connectivity index (χ2n) is 3.55. The number of hydrogen-bond acceptors (Lipinski definition) is 4. The molecule has 2 heterocycles. The largest absolute Gasteiger partial charge is 0.286 e. The number of ketones is 1. The lowest BCUT2D eigenvalue weighted by atomic mass is 10.2. The number of pyridine rings is 1. The van der Waals surface area contributed by atoms with Crippen LogP contribution in [0.5, 0.6) is 0 Å². The Balaban J connectivity index is 2.07. The molecule has 0 radical (unpaired) electrons. The molecule has 2 aromatic heterocycles. The first-order valence-electron chi connectivity index (χ1n) is 5.15. The monoisotopic (exact) mass is 240 g/mol.